The molecule has 2 aliphatic rings. The van der Waals surface area contributed by atoms with Crippen molar-refractivity contribution in [3.05, 3.63) is 11.8 Å². The van der Waals surface area contributed by atoms with E-state index >= 15 is 0 Å². The van der Waals surface area contributed by atoms with E-state index < -0.39 is 0 Å². The summed E-state index contributed by atoms with van der Waals surface area (Å²) < 4.78 is 5.66. The van der Waals surface area contributed by atoms with E-state index in [-0.39, 0.29) is 23.7 Å². The highest BCUT2D eigenvalue weighted by atomic mass is 16.5. The van der Waals surface area contributed by atoms with E-state index in [9.17, 15) is 10.1 Å². The average molecular weight is 305 g/mol. The second kappa shape index (κ2) is 7.64. The van der Waals surface area contributed by atoms with Gasteiger partial charge in [0.15, 0.2) is 0 Å². The van der Waals surface area contributed by atoms with Crippen molar-refractivity contribution < 1.29 is 9.53 Å². The van der Waals surface area contributed by atoms with Gasteiger partial charge in [-0.3, -0.25) is 4.79 Å². The molecule has 0 aromatic heterocycles. The molecule has 3 unspecified atom stereocenters. The van der Waals surface area contributed by atoms with E-state index in [1.54, 1.807) is 11.1 Å². The molecule has 0 radical (unpaired) electrons. The molecule has 2 fully saturated rings. The van der Waals surface area contributed by atoms with Gasteiger partial charge in [0.2, 0.25) is 0 Å². The van der Waals surface area contributed by atoms with Crippen molar-refractivity contribution in [2.24, 2.45) is 0 Å². The normalized spacial score (nSPS) is 30.1. The van der Waals surface area contributed by atoms with Gasteiger partial charge in [-0.15, -0.1) is 0 Å². The SMILES string of the molecule is CCC1CCCCN1/C=C(/C#N)C(=O)N1CC(C)OC(C)C1. The van der Waals surface area contributed by atoms with Crippen LogP contribution in [0.4, 0.5) is 0 Å². The van der Waals surface area contributed by atoms with Gasteiger partial charge in [-0.05, 0) is 39.5 Å². The Balaban J connectivity index is 2.11. The Bertz CT molecular complexity index is 459. The van der Waals surface area contributed by atoms with Gasteiger partial charge in [0.25, 0.3) is 5.91 Å². The van der Waals surface area contributed by atoms with Crippen LogP contribution in [0.25, 0.3) is 0 Å². The molecule has 3 atom stereocenters. The molecule has 0 aromatic carbocycles. The third kappa shape index (κ3) is 4.01. The van der Waals surface area contributed by atoms with E-state index in [0.29, 0.717) is 19.1 Å². The lowest BCUT2D eigenvalue weighted by atomic mass is 10.0. The van der Waals surface area contributed by atoms with E-state index in [0.717, 1.165) is 25.8 Å². The molecule has 0 saturated carbocycles. The molecule has 2 saturated heterocycles. The van der Waals surface area contributed by atoms with Crippen molar-refractivity contribution in [3.8, 4) is 6.07 Å². The first-order valence-electron chi connectivity index (χ1n) is 8.37. The van der Waals surface area contributed by atoms with E-state index in [1.807, 2.05) is 13.8 Å². The topological polar surface area (TPSA) is 56.6 Å². The zero-order valence-electron chi connectivity index (χ0n) is 13.9. The standard InChI is InChI=1S/C17H27N3O2/c1-4-16-7-5-6-8-19(16)12-15(9-18)17(21)20-10-13(2)22-14(3)11-20/h12-14,16H,4-8,10-11H2,1-3H3/b15-12-. The molecule has 0 aliphatic carbocycles. The third-order valence-corrected chi connectivity index (χ3v) is 4.50. The summed E-state index contributed by atoms with van der Waals surface area (Å²) in [5.74, 6) is -0.162. The van der Waals surface area contributed by atoms with Crippen LogP contribution < -0.4 is 0 Å². The lowest BCUT2D eigenvalue weighted by molar-refractivity contribution is -0.138. The minimum absolute atomic E-state index is 0.0195. The van der Waals surface area contributed by atoms with Crippen molar-refractivity contribution in [2.45, 2.75) is 64.7 Å². The number of ether oxygens (including phenoxy) is 1. The van der Waals surface area contributed by atoms with Gasteiger partial charge in [-0.2, -0.15) is 5.26 Å². The number of carbonyl (C=O) groups excluding carboxylic acids is 1. The maximum absolute atomic E-state index is 12.6. The number of carbonyl (C=O) groups is 1. The van der Waals surface area contributed by atoms with Gasteiger partial charge in [0.1, 0.15) is 11.6 Å². The van der Waals surface area contributed by atoms with E-state index in [1.165, 1.54) is 6.42 Å². The molecule has 2 rings (SSSR count). The quantitative estimate of drug-likeness (QED) is 0.593. The first-order valence-corrected chi connectivity index (χ1v) is 8.37. The van der Waals surface area contributed by atoms with E-state index in [4.69, 9.17) is 4.74 Å². The second-order valence-electron chi connectivity index (χ2n) is 6.42. The lowest BCUT2D eigenvalue weighted by Gasteiger charge is -2.36. The highest BCUT2D eigenvalue weighted by molar-refractivity contribution is 5.97. The summed E-state index contributed by atoms with van der Waals surface area (Å²) in [6, 6.07) is 2.56. The van der Waals surface area contributed by atoms with Crippen LogP contribution in [-0.4, -0.2) is 53.6 Å². The maximum Gasteiger partial charge on any atom is 0.266 e. The van der Waals surface area contributed by atoms with Crippen LogP contribution in [0.2, 0.25) is 0 Å². The van der Waals surface area contributed by atoms with E-state index in [2.05, 4.69) is 17.9 Å². The Morgan fingerprint density at radius 1 is 1.32 bits per heavy atom. The number of likely N-dealkylation sites (tertiary alicyclic amines) is 1. The molecule has 0 bridgehead atoms. The van der Waals surface area contributed by atoms with Crippen LogP contribution in [0.15, 0.2) is 11.8 Å². The molecule has 5 nitrogen and oxygen atoms in total. The largest absolute Gasteiger partial charge is 0.373 e. The molecular weight excluding hydrogens is 278 g/mol. The van der Waals surface area contributed by atoms with Gasteiger partial charge in [0.05, 0.1) is 12.2 Å². The number of nitrogens with zero attached hydrogens (tertiary/aromatic N) is 3. The Morgan fingerprint density at radius 3 is 2.59 bits per heavy atom. The zero-order chi connectivity index (χ0) is 16.1. The zero-order valence-corrected chi connectivity index (χ0v) is 13.9. The molecule has 0 N–H and O–H groups in total. The summed E-state index contributed by atoms with van der Waals surface area (Å²) >= 11 is 0. The van der Waals surface area contributed by atoms with Crippen molar-refractivity contribution in [3.63, 3.8) is 0 Å². The Hall–Kier alpha value is -1.54. The van der Waals surface area contributed by atoms with Crippen molar-refractivity contribution in [2.75, 3.05) is 19.6 Å². The van der Waals surface area contributed by atoms with Gasteiger partial charge in [-0.25, -0.2) is 0 Å². The number of nitriles is 1. The third-order valence-electron chi connectivity index (χ3n) is 4.50. The molecule has 122 valence electrons. The van der Waals surface area contributed by atoms with Crippen LogP contribution in [0, 0.1) is 11.3 Å². The van der Waals surface area contributed by atoms with Crippen LogP contribution in [0.1, 0.15) is 46.5 Å². The molecule has 5 heteroatoms. The fraction of sp³-hybridized carbons (Fsp3) is 0.765. The molecular formula is C17H27N3O2. The van der Waals surface area contributed by atoms with Gasteiger partial charge < -0.3 is 14.5 Å². The minimum atomic E-state index is -0.162. The molecule has 0 spiro atoms. The number of morpholine rings is 1. The minimum Gasteiger partial charge on any atom is -0.373 e. The average Bonchev–Trinajstić information content (AvgIpc) is 2.51. The maximum atomic E-state index is 12.6. The van der Waals surface area contributed by atoms with Gasteiger partial charge in [-0.1, -0.05) is 6.92 Å². The number of hydrogen-bond acceptors (Lipinski definition) is 4. The van der Waals surface area contributed by atoms with Crippen LogP contribution in [0.3, 0.4) is 0 Å². The Labute approximate surface area is 133 Å². The number of amides is 1. The van der Waals surface area contributed by atoms with Crippen LogP contribution in [0.5, 0.6) is 0 Å². The summed E-state index contributed by atoms with van der Waals surface area (Å²) in [6.45, 7) is 8.13. The monoisotopic (exact) mass is 305 g/mol. The summed E-state index contributed by atoms with van der Waals surface area (Å²) in [5.41, 5.74) is 0.252. The predicted molar refractivity (Wildman–Crippen MR) is 84.9 cm³/mol. The lowest BCUT2D eigenvalue weighted by Crippen LogP contribution is -2.48. The fourth-order valence-corrected chi connectivity index (χ4v) is 3.44. The Kier molecular flexibility index (Phi) is 5.84. The number of piperidine rings is 1. The second-order valence-corrected chi connectivity index (χ2v) is 6.42. The summed E-state index contributed by atoms with van der Waals surface area (Å²) in [5, 5.41) is 9.42. The molecule has 0 aromatic rings. The highest BCUT2D eigenvalue weighted by Crippen LogP contribution is 2.21. The molecule has 1 amide bonds. The summed E-state index contributed by atoms with van der Waals surface area (Å²) in [7, 11) is 0. The molecule has 22 heavy (non-hydrogen) atoms. The van der Waals surface area contributed by atoms with Gasteiger partial charge >= 0.3 is 0 Å². The number of hydrogen-bond donors (Lipinski definition) is 0. The van der Waals surface area contributed by atoms with Crippen molar-refractivity contribution in [1.82, 2.24) is 9.80 Å². The summed E-state index contributed by atoms with van der Waals surface area (Å²) in [4.78, 5) is 16.6. The van der Waals surface area contributed by atoms with Gasteiger partial charge in [0, 0.05) is 31.9 Å². The fourth-order valence-electron chi connectivity index (χ4n) is 3.44. The van der Waals surface area contributed by atoms with Crippen molar-refractivity contribution in [1.29, 1.82) is 5.26 Å². The first-order chi connectivity index (χ1) is 10.5. The Morgan fingerprint density at radius 2 is 2.00 bits per heavy atom. The molecule has 2 aliphatic heterocycles. The number of rotatable bonds is 3. The first kappa shape index (κ1) is 16.8. The van der Waals surface area contributed by atoms with Crippen LogP contribution in [-0.2, 0) is 9.53 Å². The predicted octanol–water partition coefficient (Wildman–Crippen LogP) is 2.29. The highest BCUT2D eigenvalue weighted by Gasteiger charge is 2.29. The van der Waals surface area contributed by atoms with Crippen molar-refractivity contribution >= 4 is 5.91 Å². The smallest absolute Gasteiger partial charge is 0.266 e. The van der Waals surface area contributed by atoms with Crippen LogP contribution >= 0.6 is 0 Å². The molecule has 2 heterocycles. The summed E-state index contributed by atoms with van der Waals surface area (Å²) in [6.07, 6.45) is 6.39.